The molecule has 3 saturated heterocycles. The molecule has 0 amide bonds. The van der Waals surface area contributed by atoms with Crippen molar-refractivity contribution in [2.75, 3.05) is 45.3 Å². The Hall–Kier alpha value is -0.145. The van der Waals surface area contributed by atoms with E-state index in [4.69, 9.17) is 11.6 Å². The van der Waals surface area contributed by atoms with Crippen molar-refractivity contribution in [1.82, 2.24) is 0 Å². The topological polar surface area (TPSA) is 0 Å². The molecule has 0 atom stereocenters. The van der Waals surface area contributed by atoms with Gasteiger partial charge in [-0.1, -0.05) is 11.6 Å². The molecule has 3 heterocycles. The number of alkyl halides is 1. The Morgan fingerprint density at radius 2 is 1.18 bits per heavy atom. The smallest absolute Gasteiger partial charge is 0.673 e. The van der Waals surface area contributed by atoms with E-state index in [0.29, 0.717) is 25.6 Å². The summed E-state index contributed by atoms with van der Waals surface area (Å²) < 4.78 is 53.3. The number of rotatable bonds is 1. The third kappa shape index (κ3) is 5.35. The summed E-state index contributed by atoms with van der Waals surface area (Å²) in [5.41, 5.74) is 0. The van der Waals surface area contributed by atoms with Gasteiger partial charge < -0.3 is 22.0 Å². The lowest BCUT2D eigenvalue weighted by molar-refractivity contribution is -1.15. The summed E-state index contributed by atoms with van der Waals surface area (Å²) >= 11 is 5.85. The van der Waals surface area contributed by atoms with Gasteiger partial charge in [-0.05, 0) is 4.48 Å². The second-order valence-electron chi connectivity index (χ2n) is 4.33. The molecule has 2 nitrogen and oxygen atoms in total. The number of quaternary nitrogens is 2. The molecule has 0 saturated carbocycles. The Bertz CT molecular complexity index is 220. The predicted octanol–water partition coefficient (Wildman–Crippen LogP) is -0.968. The van der Waals surface area contributed by atoms with Gasteiger partial charge in [0, 0.05) is 0 Å². The van der Waals surface area contributed by atoms with Gasteiger partial charge in [-0.2, -0.15) is 0 Å². The van der Waals surface area contributed by atoms with Crippen molar-refractivity contribution in [1.29, 1.82) is 0 Å². The number of hydrogen-bond acceptors (Lipinski definition) is 0. The van der Waals surface area contributed by atoms with E-state index in [1.54, 1.807) is 0 Å². The molecular weight excluding hydrogens is 272 g/mol. The average molecular weight is 286 g/mol. The minimum absolute atomic E-state index is 0. The summed E-state index contributed by atoms with van der Waals surface area (Å²) in [6.07, 6.45) is 0. The van der Waals surface area contributed by atoms with Crippen LogP contribution in [0.5, 0.6) is 0 Å². The molecule has 0 unspecified atom stereocenters. The lowest BCUT2D eigenvalue weighted by Crippen LogP contribution is -3.00. The minimum Gasteiger partial charge on any atom is -1.00 e. The van der Waals surface area contributed by atoms with Crippen LogP contribution in [0.2, 0.25) is 0 Å². The molecule has 3 rings (SSSR count). The van der Waals surface area contributed by atoms with Crippen LogP contribution in [-0.2, 0) is 0 Å². The van der Waals surface area contributed by atoms with E-state index in [1.807, 2.05) is 0 Å². The van der Waals surface area contributed by atoms with E-state index >= 15 is 0 Å². The summed E-state index contributed by atoms with van der Waals surface area (Å²) in [4.78, 5) is 0. The second kappa shape index (κ2) is 5.66. The number of halogens is 7. The zero-order chi connectivity index (χ0) is 12.4. The lowest BCUT2D eigenvalue weighted by Gasteiger charge is -2.48. The Balaban J connectivity index is 0.000000373. The molecule has 0 aromatic heterocycles. The zero-order valence-corrected chi connectivity index (χ0v) is 9.82. The molecule has 2 bridgehead atoms. The maximum absolute atomic E-state index is 13.5. The molecule has 17 heavy (non-hydrogen) atoms. The quantitative estimate of drug-likeness (QED) is 0.145. The molecule has 3 aliphatic heterocycles. The molecule has 0 N–H and O–H groups in total. The Morgan fingerprint density at radius 3 is 1.41 bits per heavy atom. The van der Waals surface area contributed by atoms with E-state index in [9.17, 15) is 21.7 Å². The Kier molecular flexibility index (Phi) is 5.62. The largest absolute Gasteiger partial charge is 1.00 e. The molecule has 0 aliphatic carbocycles. The van der Waals surface area contributed by atoms with Gasteiger partial charge in [0.2, 0.25) is 0 Å². The highest BCUT2D eigenvalue weighted by molar-refractivity contribution is 6.50. The van der Waals surface area contributed by atoms with Gasteiger partial charge in [-0.25, -0.2) is 0 Å². The number of piperazine rings is 3. The van der Waals surface area contributed by atoms with Crippen molar-refractivity contribution in [3.05, 3.63) is 0 Å². The number of fused-ring (bicyclic) bond motifs is 3. The molecule has 0 spiro atoms. The monoisotopic (exact) mass is 286 g/mol. The van der Waals surface area contributed by atoms with Gasteiger partial charge in [0.05, 0.1) is 0 Å². The van der Waals surface area contributed by atoms with Crippen molar-refractivity contribution < 1.29 is 35.6 Å². The fourth-order valence-electron chi connectivity index (χ4n) is 2.02. The van der Waals surface area contributed by atoms with E-state index in [1.165, 1.54) is 0 Å². The summed E-state index contributed by atoms with van der Waals surface area (Å²) in [6.45, 7) is 4.81. The highest BCUT2D eigenvalue weighted by Crippen LogP contribution is 2.27. The maximum atomic E-state index is 13.5. The SMILES string of the molecule is F[B-](F)(F)F.F[N+]12CC[N+](CCl)(CC1)CC2.[F-]. The van der Waals surface area contributed by atoms with Crippen LogP contribution in [0.3, 0.4) is 0 Å². The first kappa shape index (κ1) is 16.9. The fourth-order valence-corrected chi connectivity index (χ4v) is 2.38. The van der Waals surface area contributed by atoms with Crippen LogP contribution in [0, 0.1) is 0 Å². The average Bonchev–Trinajstić information content (AvgIpc) is 2.17. The van der Waals surface area contributed by atoms with Crippen LogP contribution >= 0.6 is 11.6 Å². The standard InChI is InChI=1S/C7H14ClFN2.BF4.FH/c8-7-10-1-4-11(9,5-2-10)6-3-10;2-1(3,4)5;/h1-7H2;;1H/q+2;-1;/p-1. The zero-order valence-electron chi connectivity index (χ0n) is 9.07. The van der Waals surface area contributed by atoms with Gasteiger partial charge in [-0.15, -0.1) is 4.71 Å². The molecule has 0 aromatic rings. The summed E-state index contributed by atoms with van der Waals surface area (Å²) in [5, 5.41) is 0. The lowest BCUT2D eigenvalue weighted by atomic mass is 10.2. The van der Waals surface area contributed by atoms with Crippen LogP contribution in [0.15, 0.2) is 0 Å². The summed E-state index contributed by atoms with van der Waals surface area (Å²) in [6, 6.07) is 0.667. The second-order valence-corrected chi connectivity index (χ2v) is 4.57. The van der Waals surface area contributed by atoms with Crippen molar-refractivity contribution in [3.8, 4) is 0 Å². The molecule has 10 heteroatoms. The summed E-state index contributed by atoms with van der Waals surface area (Å²) in [5.74, 6) is 0. The third-order valence-electron chi connectivity index (χ3n) is 3.18. The van der Waals surface area contributed by atoms with Gasteiger partial charge in [0.25, 0.3) is 0 Å². The normalized spacial score (nSPS) is 35.6. The van der Waals surface area contributed by atoms with Crippen molar-refractivity contribution >= 4 is 18.9 Å². The van der Waals surface area contributed by atoms with Crippen molar-refractivity contribution in [2.24, 2.45) is 0 Å². The van der Waals surface area contributed by atoms with E-state index in [-0.39, 0.29) is 9.41 Å². The Labute approximate surface area is 101 Å². The third-order valence-corrected chi connectivity index (χ3v) is 3.69. The first-order valence-electron chi connectivity index (χ1n) is 5.02. The fraction of sp³-hybridized carbons (Fsp3) is 1.00. The molecular formula is C7H14BClF6N2. The minimum atomic E-state index is -6.00. The molecule has 104 valence electrons. The summed E-state index contributed by atoms with van der Waals surface area (Å²) in [7, 11) is -6.00. The predicted molar refractivity (Wildman–Crippen MR) is 51.7 cm³/mol. The van der Waals surface area contributed by atoms with Gasteiger partial charge >= 0.3 is 7.25 Å². The van der Waals surface area contributed by atoms with Crippen molar-refractivity contribution in [2.45, 2.75) is 0 Å². The first-order chi connectivity index (χ1) is 7.18. The molecule has 0 radical (unpaired) electrons. The molecule has 3 fully saturated rings. The Morgan fingerprint density at radius 1 is 0.882 bits per heavy atom. The number of hydrogen-bond donors (Lipinski definition) is 0. The van der Waals surface area contributed by atoms with Crippen LogP contribution in [0.25, 0.3) is 0 Å². The van der Waals surface area contributed by atoms with E-state index in [2.05, 4.69) is 0 Å². The van der Waals surface area contributed by atoms with Crippen LogP contribution in [0.1, 0.15) is 0 Å². The van der Waals surface area contributed by atoms with E-state index < -0.39 is 7.25 Å². The molecule has 0 aromatic carbocycles. The van der Waals surface area contributed by atoms with Gasteiger partial charge in [0.15, 0.2) is 25.6 Å². The van der Waals surface area contributed by atoms with Crippen LogP contribution in [0.4, 0.5) is 21.7 Å². The van der Waals surface area contributed by atoms with Crippen LogP contribution in [-0.4, -0.2) is 61.7 Å². The molecule has 3 aliphatic rings. The highest BCUT2D eigenvalue weighted by atomic mass is 35.5. The van der Waals surface area contributed by atoms with Gasteiger partial charge in [-0.3, -0.25) is 4.48 Å². The maximum Gasteiger partial charge on any atom is 0.673 e. The number of nitrogens with zero attached hydrogens (tertiary/aromatic N) is 2. The van der Waals surface area contributed by atoms with Crippen molar-refractivity contribution in [3.63, 3.8) is 0 Å². The highest BCUT2D eigenvalue weighted by Gasteiger charge is 2.50. The van der Waals surface area contributed by atoms with E-state index in [0.717, 1.165) is 24.1 Å². The van der Waals surface area contributed by atoms with Crippen LogP contribution < -0.4 is 4.70 Å². The first-order valence-corrected chi connectivity index (χ1v) is 5.56. The van der Waals surface area contributed by atoms with Gasteiger partial charge in [0.1, 0.15) is 19.6 Å².